The minimum Gasteiger partial charge on any atom is -0.362 e. The van der Waals surface area contributed by atoms with E-state index in [0.717, 1.165) is 13.0 Å². The molecule has 1 aliphatic rings. The third-order valence-electron chi connectivity index (χ3n) is 3.40. The van der Waals surface area contributed by atoms with Gasteiger partial charge in [-0.2, -0.15) is 0 Å². The third-order valence-corrected chi connectivity index (χ3v) is 3.40. The molecular weight excluding hydrogens is 240 g/mol. The molecular formula is C14H22N4O. The number of carbonyl (C=O) groups is 1. The van der Waals surface area contributed by atoms with Gasteiger partial charge < -0.3 is 15.5 Å². The molecule has 1 fully saturated rings. The van der Waals surface area contributed by atoms with Gasteiger partial charge in [0, 0.05) is 32.9 Å². The largest absolute Gasteiger partial charge is 0.362 e. The lowest BCUT2D eigenvalue weighted by atomic mass is 10.1. The molecule has 0 radical (unpaired) electrons. The fourth-order valence-electron chi connectivity index (χ4n) is 2.39. The molecule has 1 atom stereocenters. The molecule has 0 unspecified atom stereocenters. The molecule has 19 heavy (non-hydrogen) atoms. The number of hydrogen-bond acceptors (Lipinski definition) is 4. The van der Waals surface area contributed by atoms with Crippen LogP contribution >= 0.6 is 0 Å². The molecule has 2 rings (SSSR count). The van der Waals surface area contributed by atoms with Gasteiger partial charge in [0.15, 0.2) is 0 Å². The van der Waals surface area contributed by atoms with Crippen molar-refractivity contribution in [2.24, 2.45) is 0 Å². The summed E-state index contributed by atoms with van der Waals surface area (Å²) >= 11 is 0. The Hall–Kier alpha value is -1.62. The summed E-state index contributed by atoms with van der Waals surface area (Å²) in [6, 6.07) is 4.16. The molecule has 0 aliphatic carbocycles. The van der Waals surface area contributed by atoms with E-state index in [4.69, 9.17) is 0 Å². The van der Waals surface area contributed by atoms with Gasteiger partial charge >= 0.3 is 0 Å². The lowest BCUT2D eigenvalue weighted by Crippen LogP contribution is -2.31. The van der Waals surface area contributed by atoms with Crippen LogP contribution in [-0.2, 0) is 0 Å². The SMILES string of the molecule is CN(C)c1ncccc1C(=O)NCC[C@@H]1CCCN1. The van der Waals surface area contributed by atoms with Crippen molar-refractivity contribution in [3.63, 3.8) is 0 Å². The summed E-state index contributed by atoms with van der Waals surface area (Å²) < 4.78 is 0. The lowest BCUT2D eigenvalue weighted by Gasteiger charge is -2.16. The Kier molecular flexibility index (Phi) is 4.74. The van der Waals surface area contributed by atoms with Crippen molar-refractivity contribution in [2.45, 2.75) is 25.3 Å². The lowest BCUT2D eigenvalue weighted by molar-refractivity contribution is 0.0952. The average molecular weight is 262 g/mol. The van der Waals surface area contributed by atoms with E-state index >= 15 is 0 Å². The smallest absolute Gasteiger partial charge is 0.255 e. The summed E-state index contributed by atoms with van der Waals surface area (Å²) in [6.45, 7) is 1.81. The Labute approximate surface area is 114 Å². The van der Waals surface area contributed by atoms with E-state index in [0.29, 0.717) is 24.0 Å². The van der Waals surface area contributed by atoms with Crippen LogP contribution in [0.1, 0.15) is 29.6 Å². The first-order chi connectivity index (χ1) is 9.18. The molecule has 2 N–H and O–H groups in total. The summed E-state index contributed by atoms with van der Waals surface area (Å²) in [5.74, 6) is 0.661. The highest BCUT2D eigenvalue weighted by atomic mass is 16.1. The van der Waals surface area contributed by atoms with E-state index in [-0.39, 0.29) is 5.91 Å². The van der Waals surface area contributed by atoms with Crippen LogP contribution in [0.4, 0.5) is 5.82 Å². The van der Waals surface area contributed by atoms with E-state index in [1.807, 2.05) is 25.1 Å². The van der Waals surface area contributed by atoms with Gasteiger partial charge in [-0.3, -0.25) is 4.79 Å². The Bertz CT molecular complexity index is 427. The maximum atomic E-state index is 12.1. The number of nitrogens with zero attached hydrogens (tertiary/aromatic N) is 2. The molecule has 2 heterocycles. The second-order valence-electron chi connectivity index (χ2n) is 5.11. The summed E-state index contributed by atoms with van der Waals surface area (Å²) in [4.78, 5) is 18.2. The highest BCUT2D eigenvalue weighted by Crippen LogP contribution is 2.14. The molecule has 5 nitrogen and oxygen atoms in total. The molecule has 0 spiro atoms. The number of rotatable bonds is 5. The molecule has 1 aromatic rings. The van der Waals surface area contributed by atoms with Crippen LogP contribution < -0.4 is 15.5 Å². The van der Waals surface area contributed by atoms with Gasteiger partial charge in [0.25, 0.3) is 5.91 Å². The topological polar surface area (TPSA) is 57.3 Å². The summed E-state index contributed by atoms with van der Waals surface area (Å²) in [5.41, 5.74) is 0.631. The van der Waals surface area contributed by atoms with Gasteiger partial charge in [-0.05, 0) is 37.9 Å². The molecule has 1 aliphatic heterocycles. The normalized spacial score (nSPS) is 18.3. The van der Waals surface area contributed by atoms with Crippen molar-refractivity contribution >= 4 is 11.7 Å². The number of aromatic nitrogens is 1. The highest BCUT2D eigenvalue weighted by Gasteiger charge is 2.16. The van der Waals surface area contributed by atoms with Gasteiger partial charge in [0.05, 0.1) is 5.56 Å². The van der Waals surface area contributed by atoms with Gasteiger partial charge in [0.2, 0.25) is 0 Å². The Morgan fingerprint density at radius 2 is 2.42 bits per heavy atom. The molecule has 0 aromatic carbocycles. The zero-order chi connectivity index (χ0) is 13.7. The van der Waals surface area contributed by atoms with Crippen LogP contribution in [0.5, 0.6) is 0 Å². The average Bonchev–Trinajstić information content (AvgIpc) is 2.91. The third kappa shape index (κ3) is 3.67. The summed E-state index contributed by atoms with van der Waals surface area (Å²) in [5, 5.41) is 6.40. The van der Waals surface area contributed by atoms with Crippen LogP contribution in [0.15, 0.2) is 18.3 Å². The molecule has 0 bridgehead atoms. The monoisotopic (exact) mass is 262 g/mol. The molecule has 1 saturated heterocycles. The van der Waals surface area contributed by atoms with E-state index in [2.05, 4.69) is 15.6 Å². The Balaban J connectivity index is 1.88. The number of hydrogen-bond donors (Lipinski definition) is 2. The Morgan fingerprint density at radius 1 is 1.58 bits per heavy atom. The molecule has 1 aromatic heterocycles. The van der Waals surface area contributed by atoms with Crippen molar-refractivity contribution in [2.75, 3.05) is 32.1 Å². The fraction of sp³-hybridized carbons (Fsp3) is 0.571. The van der Waals surface area contributed by atoms with Gasteiger partial charge in [-0.1, -0.05) is 0 Å². The second kappa shape index (κ2) is 6.52. The molecule has 104 valence electrons. The minimum absolute atomic E-state index is 0.0465. The highest BCUT2D eigenvalue weighted by molar-refractivity contribution is 5.98. The van der Waals surface area contributed by atoms with E-state index in [1.54, 1.807) is 12.3 Å². The van der Waals surface area contributed by atoms with Crippen LogP contribution in [0.3, 0.4) is 0 Å². The summed E-state index contributed by atoms with van der Waals surface area (Å²) in [7, 11) is 3.78. The quantitative estimate of drug-likeness (QED) is 0.832. The first kappa shape index (κ1) is 13.8. The van der Waals surface area contributed by atoms with Gasteiger partial charge in [0.1, 0.15) is 5.82 Å². The second-order valence-corrected chi connectivity index (χ2v) is 5.11. The molecule has 0 saturated carbocycles. The predicted octanol–water partition coefficient (Wildman–Crippen LogP) is 1.02. The number of nitrogens with one attached hydrogen (secondary N) is 2. The van der Waals surface area contributed by atoms with Crippen molar-refractivity contribution in [1.82, 2.24) is 15.6 Å². The first-order valence-electron chi connectivity index (χ1n) is 6.82. The van der Waals surface area contributed by atoms with Crippen LogP contribution in [0, 0.1) is 0 Å². The zero-order valence-electron chi connectivity index (χ0n) is 11.6. The maximum absolute atomic E-state index is 12.1. The fourth-order valence-corrected chi connectivity index (χ4v) is 2.39. The van der Waals surface area contributed by atoms with Crippen molar-refractivity contribution in [1.29, 1.82) is 0 Å². The van der Waals surface area contributed by atoms with Gasteiger partial charge in [-0.25, -0.2) is 4.98 Å². The predicted molar refractivity (Wildman–Crippen MR) is 76.5 cm³/mol. The standard InChI is InChI=1S/C14H22N4O/c1-18(2)13-12(6-4-9-16-13)14(19)17-10-7-11-5-3-8-15-11/h4,6,9,11,15H,3,5,7-8,10H2,1-2H3,(H,17,19)/t11-/m0/s1. The van der Waals surface area contributed by atoms with Crippen molar-refractivity contribution in [3.05, 3.63) is 23.9 Å². The van der Waals surface area contributed by atoms with Crippen LogP contribution in [0.2, 0.25) is 0 Å². The van der Waals surface area contributed by atoms with Crippen molar-refractivity contribution < 1.29 is 4.79 Å². The number of anilines is 1. The maximum Gasteiger partial charge on any atom is 0.255 e. The van der Waals surface area contributed by atoms with Crippen LogP contribution in [-0.4, -0.2) is 44.1 Å². The first-order valence-corrected chi connectivity index (χ1v) is 6.82. The zero-order valence-corrected chi connectivity index (χ0v) is 11.6. The number of carbonyl (C=O) groups excluding carboxylic acids is 1. The van der Waals surface area contributed by atoms with E-state index < -0.39 is 0 Å². The van der Waals surface area contributed by atoms with Gasteiger partial charge in [-0.15, -0.1) is 0 Å². The minimum atomic E-state index is -0.0465. The number of pyridine rings is 1. The molecule has 5 heteroatoms. The van der Waals surface area contributed by atoms with E-state index in [9.17, 15) is 4.79 Å². The summed E-state index contributed by atoms with van der Waals surface area (Å²) in [6.07, 6.45) is 5.15. The van der Waals surface area contributed by atoms with E-state index in [1.165, 1.54) is 12.8 Å². The Morgan fingerprint density at radius 3 is 3.11 bits per heavy atom. The van der Waals surface area contributed by atoms with Crippen molar-refractivity contribution in [3.8, 4) is 0 Å². The molecule has 1 amide bonds. The number of amides is 1. The van der Waals surface area contributed by atoms with Crippen LogP contribution in [0.25, 0.3) is 0 Å².